The zero-order valence-corrected chi connectivity index (χ0v) is 26.6. The van der Waals surface area contributed by atoms with Gasteiger partial charge in [-0.15, -0.1) is 11.3 Å². The number of esters is 1. The van der Waals surface area contributed by atoms with Crippen LogP contribution in [0.4, 0.5) is 5.00 Å². The third-order valence-electron chi connectivity index (χ3n) is 7.18. The molecule has 1 aliphatic rings. The standard InChI is InChI=1S/C32H47NO4S2/c1-8-37-30(36)27-22-15-11-9-10-12-16-25(22)39-29(27)33-26(34)20-38-17-13-14-21-18-23(31(2,3)4)28(35)24(19-21)32(5,6)7/h18-19,35H,8-17,20H2,1-7H3,(H,33,34). The highest BCUT2D eigenvalue weighted by Crippen LogP contribution is 2.40. The summed E-state index contributed by atoms with van der Waals surface area (Å²) >= 11 is 3.17. The minimum Gasteiger partial charge on any atom is -0.507 e. The number of fused-ring (bicyclic) bond motifs is 1. The van der Waals surface area contributed by atoms with Gasteiger partial charge in [0.1, 0.15) is 10.8 Å². The van der Waals surface area contributed by atoms with E-state index < -0.39 is 0 Å². The molecule has 0 radical (unpaired) electrons. The molecule has 2 N–H and O–H groups in total. The van der Waals surface area contributed by atoms with Crippen LogP contribution < -0.4 is 5.32 Å². The predicted molar refractivity (Wildman–Crippen MR) is 166 cm³/mol. The van der Waals surface area contributed by atoms with Crippen LogP contribution in [0, 0.1) is 0 Å². The molecule has 7 heteroatoms. The lowest BCUT2D eigenvalue weighted by atomic mass is 9.78. The normalized spacial score (nSPS) is 14.3. The van der Waals surface area contributed by atoms with Crippen molar-refractivity contribution in [2.45, 2.75) is 111 Å². The summed E-state index contributed by atoms with van der Waals surface area (Å²) < 4.78 is 5.36. The van der Waals surface area contributed by atoms with E-state index in [9.17, 15) is 14.7 Å². The molecule has 0 aliphatic heterocycles. The summed E-state index contributed by atoms with van der Waals surface area (Å²) in [6, 6.07) is 4.28. The molecule has 1 aliphatic carbocycles. The lowest BCUT2D eigenvalue weighted by Gasteiger charge is -2.28. The minimum absolute atomic E-state index is 0.0746. The van der Waals surface area contributed by atoms with Crippen molar-refractivity contribution in [1.82, 2.24) is 0 Å². The third kappa shape index (κ3) is 8.50. The lowest BCUT2D eigenvalue weighted by Crippen LogP contribution is -2.18. The van der Waals surface area contributed by atoms with Gasteiger partial charge in [-0.05, 0) is 84.3 Å². The molecule has 0 fully saturated rings. The van der Waals surface area contributed by atoms with Gasteiger partial charge in [-0.25, -0.2) is 4.79 Å². The summed E-state index contributed by atoms with van der Waals surface area (Å²) in [5, 5.41) is 14.7. The Morgan fingerprint density at radius 3 is 2.21 bits per heavy atom. The Balaban J connectivity index is 1.61. The average Bonchev–Trinajstić information content (AvgIpc) is 3.14. The van der Waals surface area contributed by atoms with Crippen molar-refractivity contribution >= 4 is 40.0 Å². The number of phenols is 1. The first-order valence-electron chi connectivity index (χ1n) is 14.4. The first-order valence-corrected chi connectivity index (χ1v) is 16.4. The van der Waals surface area contributed by atoms with Crippen LogP contribution in [0.5, 0.6) is 5.75 Å². The predicted octanol–water partition coefficient (Wildman–Crippen LogP) is 8.19. The molecule has 0 saturated heterocycles. The maximum absolute atomic E-state index is 12.9. The van der Waals surface area contributed by atoms with Crippen LogP contribution in [0.25, 0.3) is 0 Å². The van der Waals surface area contributed by atoms with E-state index in [0.717, 1.165) is 61.0 Å². The topological polar surface area (TPSA) is 75.6 Å². The van der Waals surface area contributed by atoms with Gasteiger partial charge in [0.05, 0.1) is 17.9 Å². The molecule has 1 aromatic heterocycles. The molecule has 0 unspecified atom stereocenters. The highest BCUT2D eigenvalue weighted by molar-refractivity contribution is 7.99. The Labute approximate surface area is 243 Å². The van der Waals surface area contributed by atoms with Crippen LogP contribution >= 0.6 is 23.1 Å². The summed E-state index contributed by atoms with van der Waals surface area (Å²) in [4.78, 5) is 26.9. The molecular weight excluding hydrogens is 526 g/mol. The van der Waals surface area contributed by atoms with E-state index in [4.69, 9.17) is 4.74 Å². The SMILES string of the molecule is CCOC(=O)c1c(NC(=O)CSCCCc2cc(C(C)(C)C)c(O)c(C(C)(C)C)c2)sc2c1CCCCCC2. The van der Waals surface area contributed by atoms with Crippen molar-refractivity contribution in [1.29, 1.82) is 0 Å². The number of thiophene rings is 1. The number of anilines is 1. The van der Waals surface area contributed by atoms with Gasteiger partial charge in [0, 0.05) is 4.88 Å². The van der Waals surface area contributed by atoms with Crippen molar-refractivity contribution in [3.8, 4) is 5.75 Å². The van der Waals surface area contributed by atoms with Gasteiger partial charge in [0.25, 0.3) is 0 Å². The van der Waals surface area contributed by atoms with Crippen LogP contribution in [0.2, 0.25) is 0 Å². The molecule has 2 aromatic rings. The van der Waals surface area contributed by atoms with Crippen molar-refractivity contribution in [2.24, 2.45) is 0 Å². The monoisotopic (exact) mass is 573 g/mol. The van der Waals surface area contributed by atoms with Gasteiger partial charge >= 0.3 is 5.97 Å². The highest BCUT2D eigenvalue weighted by Gasteiger charge is 2.27. The van der Waals surface area contributed by atoms with Crippen molar-refractivity contribution in [3.63, 3.8) is 0 Å². The first-order chi connectivity index (χ1) is 18.3. The van der Waals surface area contributed by atoms with E-state index in [1.165, 1.54) is 23.3 Å². The van der Waals surface area contributed by atoms with Crippen LogP contribution in [-0.4, -0.2) is 35.1 Å². The highest BCUT2D eigenvalue weighted by atomic mass is 32.2. The fourth-order valence-corrected chi connectivity index (χ4v) is 7.16. The molecule has 1 aromatic carbocycles. The lowest BCUT2D eigenvalue weighted by molar-refractivity contribution is -0.113. The average molecular weight is 574 g/mol. The maximum atomic E-state index is 12.9. The third-order valence-corrected chi connectivity index (χ3v) is 9.43. The second kappa shape index (κ2) is 13.6. The number of ether oxygens (including phenoxy) is 1. The van der Waals surface area contributed by atoms with Gasteiger partial charge in [-0.1, -0.05) is 66.5 Å². The Morgan fingerprint density at radius 2 is 1.62 bits per heavy atom. The van der Waals surface area contributed by atoms with E-state index in [2.05, 4.69) is 59.0 Å². The Kier molecular flexibility index (Phi) is 11.0. The van der Waals surface area contributed by atoms with Crippen LogP contribution in [0.15, 0.2) is 12.1 Å². The molecule has 216 valence electrons. The Hall–Kier alpha value is -1.99. The molecule has 0 bridgehead atoms. The van der Waals surface area contributed by atoms with Crippen molar-refractivity contribution in [3.05, 3.63) is 44.8 Å². The van der Waals surface area contributed by atoms with Crippen LogP contribution in [0.1, 0.15) is 118 Å². The molecule has 0 atom stereocenters. The van der Waals surface area contributed by atoms with Gasteiger partial charge in [0.2, 0.25) is 5.91 Å². The van der Waals surface area contributed by atoms with Gasteiger partial charge in [-0.3, -0.25) is 4.79 Å². The molecular formula is C32H47NO4S2. The van der Waals surface area contributed by atoms with Crippen molar-refractivity contribution in [2.75, 3.05) is 23.4 Å². The largest absolute Gasteiger partial charge is 0.507 e. The van der Waals surface area contributed by atoms with E-state index in [1.807, 2.05) is 6.92 Å². The van der Waals surface area contributed by atoms with Gasteiger partial charge < -0.3 is 15.2 Å². The Bertz CT molecular complexity index is 1120. The molecule has 39 heavy (non-hydrogen) atoms. The molecule has 3 rings (SSSR count). The maximum Gasteiger partial charge on any atom is 0.341 e. The summed E-state index contributed by atoms with van der Waals surface area (Å²) in [6.07, 6.45) is 8.24. The number of hydrogen-bond donors (Lipinski definition) is 2. The molecule has 1 heterocycles. The summed E-state index contributed by atoms with van der Waals surface area (Å²) in [5.41, 5.74) is 4.57. The zero-order chi connectivity index (χ0) is 28.8. The molecule has 1 amide bonds. The number of hydrogen-bond acceptors (Lipinski definition) is 6. The second-order valence-corrected chi connectivity index (χ2v) is 14.8. The van der Waals surface area contributed by atoms with Gasteiger partial charge in [-0.2, -0.15) is 11.8 Å². The van der Waals surface area contributed by atoms with E-state index in [-0.39, 0.29) is 22.7 Å². The number of nitrogens with one attached hydrogen (secondary N) is 1. The van der Waals surface area contributed by atoms with Crippen molar-refractivity contribution < 1.29 is 19.4 Å². The second-order valence-electron chi connectivity index (χ2n) is 12.6. The number of carbonyl (C=O) groups is 2. The fraction of sp³-hybridized carbons (Fsp3) is 0.625. The number of aromatic hydroxyl groups is 1. The fourth-order valence-electron chi connectivity index (χ4n) is 5.11. The van der Waals surface area contributed by atoms with E-state index >= 15 is 0 Å². The number of phenolic OH excluding ortho intramolecular Hbond substituents is 1. The number of amides is 1. The van der Waals surface area contributed by atoms with Crippen LogP contribution in [0.3, 0.4) is 0 Å². The Morgan fingerprint density at radius 1 is 1.00 bits per heavy atom. The zero-order valence-electron chi connectivity index (χ0n) is 24.9. The van der Waals surface area contributed by atoms with E-state index in [1.54, 1.807) is 23.1 Å². The first kappa shape index (κ1) is 31.5. The summed E-state index contributed by atoms with van der Waals surface area (Å²) in [5.74, 6) is 1.22. The number of thioether (sulfide) groups is 1. The number of carbonyl (C=O) groups excluding carboxylic acids is 2. The number of rotatable bonds is 9. The smallest absolute Gasteiger partial charge is 0.341 e. The molecule has 5 nitrogen and oxygen atoms in total. The summed E-state index contributed by atoms with van der Waals surface area (Å²) in [7, 11) is 0. The molecule has 0 spiro atoms. The van der Waals surface area contributed by atoms with Gasteiger partial charge in [0.15, 0.2) is 0 Å². The minimum atomic E-state index is -0.323. The van der Waals surface area contributed by atoms with Crippen LogP contribution in [-0.2, 0) is 39.6 Å². The quantitative estimate of drug-likeness (QED) is 0.234. The summed E-state index contributed by atoms with van der Waals surface area (Å²) in [6.45, 7) is 14.9. The molecule has 0 saturated carbocycles. The number of aryl methyl sites for hydroxylation is 2. The van der Waals surface area contributed by atoms with E-state index in [0.29, 0.717) is 28.7 Å². The number of benzene rings is 1.